The average Bonchev–Trinajstić information content (AvgIpc) is 3.00. The van der Waals surface area contributed by atoms with E-state index in [0.717, 1.165) is 0 Å². The van der Waals surface area contributed by atoms with Crippen LogP contribution in [0.3, 0.4) is 0 Å². The summed E-state index contributed by atoms with van der Waals surface area (Å²) in [4.78, 5) is 52.7. The van der Waals surface area contributed by atoms with Gasteiger partial charge in [0.15, 0.2) is 0 Å². The molecule has 0 aliphatic carbocycles. The molecule has 4 amide bonds. The van der Waals surface area contributed by atoms with Crippen LogP contribution in [0.1, 0.15) is 18.9 Å². The first-order valence-corrected chi connectivity index (χ1v) is 9.35. The van der Waals surface area contributed by atoms with E-state index in [1.165, 1.54) is 10.9 Å². The molecule has 0 bridgehead atoms. The lowest BCUT2D eigenvalue weighted by Gasteiger charge is -2.21. The van der Waals surface area contributed by atoms with E-state index in [1.807, 2.05) is 6.07 Å². The van der Waals surface area contributed by atoms with Crippen LogP contribution >= 0.6 is 0 Å². The number of urea groups is 1. The molecule has 1 aromatic heterocycles. The molecule has 0 saturated carbocycles. The number of amides is 4. The normalized spacial score (nSPS) is 18.2. The maximum atomic E-state index is 12.5. The zero-order valence-electron chi connectivity index (χ0n) is 16.1. The topological polar surface area (TPSA) is 122 Å². The zero-order chi connectivity index (χ0) is 21.3. The fraction of sp³-hybridized carbons (Fsp3) is 0.190. The van der Waals surface area contributed by atoms with E-state index in [2.05, 4.69) is 20.9 Å². The summed E-state index contributed by atoms with van der Waals surface area (Å²) in [7, 11) is 0. The van der Waals surface area contributed by atoms with Crippen molar-refractivity contribution in [2.75, 3.05) is 5.32 Å². The van der Waals surface area contributed by atoms with Gasteiger partial charge in [0.1, 0.15) is 5.54 Å². The number of para-hydroxylation sites is 1. The number of anilines is 1. The lowest BCUT2D eigenvalue weighted by atomic mass is 9.92. The van der Waals surface area contributed by atoms with E-state index in [1.54, 1.807) is 49.4 Å². The molecule has 1 aliphatic heterocycles. The third-order valence-corrected chi connectivity index (χ3v) is 5.08. The monoisotopic (exact) mass is 405 g/mol. The predicted octanol–water partition coefficient (Wildman–Crippen LogP) is 1.48. The number of benzene rings is 2. The van der Waals surface area contributed by atoms with Crippen LogP contribution in [0.15, 0.2) is 59.7 Å². The fourth-order valence-corrected chi connectivity index (χ4v) is 3.37. The van der Waals surface area contributed by atoms with Crippen molar-refractivity contribution < 1.29 is 14.4 Å². The number of aromatic nitrogens is 2. The van der Waals surface area contributed by atoms with Crippen LogP contribution in [-0.2, 0) is 21.7 Å². The summed E-state index contributed by atoms with van der Waals surface area (Å²) in [6.07, 6.45) is 1.50. The fourth-order valence-electron chi connectivity index (χ4n) is 3.37. The van der Waals surface area contributed by atoms with Gasteiger partial charge in [0.25, 0.3) is 11.5 Å². The highest BCUT2D eigenvalue weighted by molar-refractivity contribution is 6.07. The lowest BCUT2D eigenvalue weighted by molar-refractivity contribution is -0.123. The number of hydrogen-bond donors (Lipinski definition) is 3. The molecule has 3 aromatic rings. The van der Waals surface area contributed by atoms with Crippen molar-refractivity contribution in [1.82, 2.24) is 20.2 Å². The summed E-state index contributed by atoms with van der Waals surface area (Å²) in [5, 5.41) is 8.05. The first-order chi connectivity index (χ1) is 14.4. The molecule has 3 N–H and O–H groups in total. The summed E-state index contributed by atoms with van der Waals surface area (Å²) in [5.41, 5.74) is 0.222. The van der Waals surface area contributed by atoms with E-state index in [9.17, 15) is 19.2 Å². The average molecular weight is 405 g/mol. The quantitative estimate of drug-likeness (QED) is 0.555. The van der Waals surface area contributed by atoms with Crippen molar-refractivity contribution in [3.63, 3.8) is 0 Å². The van der Waals surface area contributed by atoms with Crippen LogP contribution in [0.2, 0.25) is 0 Å². The summed E-state index contributed by atoms with van der Waals surface area (Å²) >= 11 is 0. The van der Waals surface area contributed by atoms with Crippen molar-refractivity contribution in [2.45, 2.75) is 25.4 Å². The highest BCUT2D eigenvalue weighted by atomic mass is 16.2. The molecular weight excluding hydrogens is 386 g/mol. The molecule has 2 aromatic carbocycles. The van der Waals surface area contributed by atoms with Gasteiger partial charge in [-0.15, -0.1) is 0 Å². The molecule has 0 unspecified atom stereocenters. The van der Waals surface area contributed by atoms with Crippen molar-refractivity contribution in [3.05, 3.63) is 70.8 Å². The van der Waals surface area contributed by atoms with Crippen LogP contribution in [0.4, 0.5) is 10.5 Å². The number of fused-ring (bicyclic) bond motifs is 1. The van der Waals surface area contributed by atoms with E-state index >= 15 is 0 Å². The summed E-state index contributed by atoms with van der Waals surface area (Å²) < 4.78 is 1.40. The highest BCUT2D eigenvalue weighted by Gasteiger charge is 2.43. The standard InChI is InChI=1S/C21H19N5O4/c1-21(19(29)24-20(30)25-21)13-5-4-6-14(11-13)23-17(27)9-10-26-12-22-16-8-3-2-7-15(16)18(26)28/h2-8,11-12H,9-10H2,1H3,(H,23,27)(H2,24,25,29,30)/t21-/m0/s1. The molecule has 1 saturated heterocycles. The molecule has 9 heteroatoms. The largest absolute Gasteiger partial charge is 0.326 e. The molecule has 0 spiro atoms. The van der Waals surface area contributed by atoms with Gasteiger partial charge in [-0.1, -0.05) is 24.3 Å². The Morgan fingerprint density at radius 2 is 1.93 bits per heavy atom. The van der Waals surface area contributed by atoms with E-state index in [4.69, 9.17) is 0 Å². The van der Waals surface area contributed by atoms with Gasteiger partial charge < -0.3 is 10.6 Å². The van der Waals surface area contributed by atoms with E-state index < -0.39 is 17.5 Å². The highest BCUT2D eigenvalue weighted by Crippen LogP contribution is 2.26. The van der Waals surface area contributed by atoms with E-state index in [0.29, 0.717) is 22.2 Å². The molecule has 152 valence electrons. The number of aryl methyl sites for hydroxylation is 1. The van der Waals surface area contributed by atoms with Gasteiger partial charge in [-0.05, 0) is 36.8 Å². The maximum absolute atomic E-state index is 12.5. The molecule has 2 heterocycles. The third-order valence-electron chi connectivity index (χ3n) is 5.08. The third kappa shape index (κ3) is 3.52. The second-order valence-electron chi connectivity index (χ2n) is 7.17. The Morgan fingerprint density at radius 3 is 2.70 bits per heavy atom. The smallest absolute Gasteiger partial charge is 0.322 e. The van der Waals surface area contributed by atoms with Crippen molar-refractivity contribution >= 4 is 34.4 Å². The Kier molecular flexibility index (Phi) is 4.78. The van der Waals surface area contributed by atoms with Crippen molar-refractivity contribution in [3.8, 4) is 0 Å². The Hall–Kier alpha value is -4.01. The molecule has 0 radical (unpaired) electrons. The number of hydrogen-bond acceptors (Lipinski definition) is 5. The summed E-state index contributed by atoms with van der Waals surface area (Å²) in [5.74, 6) is -0.753. The number of rotatable bonds is 5. The molecular formula is C21H19N5O4. The second kappa shape index (κ2) is 7.43. The minimum absolute atomic E-state index is 0.0681. The van der Waals surface area contributed by atoms with Gasteiger partial charge in [0.2, 0.25) is 5.91 Å². The van der Waals surface area contributed by atoms with Crippen LogP contribution in [0.25, 0.3) is 10.9 Å². The van der Waals surface area contributed by atoms with E-state index in [-0.39, 0.29) is 24.4 Å². The van der Waals surface area contributed by atoms with Crippen molar-refractivity contribution in [1.29, 1.82) is 0 Å². The molecule has 1 atom stereocenters. The van der Waals surface area contributed by atoms with Crippen LogP contribution in [0.5, 0.6) is 0 Å². The molecule has 30 heavy (non-hydrogen) atoms. The Morgan fingerprint density at radius 1 is 1.13 bits per heavy atom. The number of nitrogens with zero attached hydrogens (tertiary/aromatic N) is 2. The molecule has 4 rings (SSSR count). The van der Waals surface area contributed by atoms with Gasteiger partial charge in [0.05, 0.1) is 17.2 Å². The minimum atomic E-state index is -1.21. The minimum Gasteiger partial charge on any atom is -0.326 e. The van der Waals surface area contributed by atoms with Crippen molar-refractivity contribution in [2.24, 2.45) is 0 Å². The van der Waals surface area contributed by atoms with Crippen LogP contribution in [-0.4, -0.2) is 27.4 Å². The lowest BCUT2D eigenvalue weighted by Crippen LogP contribution is -2.40. The van der Waals surface area contributed by atoms with Crippen LogP contribution in [0, 0.1) is 0 Å². The number of carbonyl (C=O) groups is 3. The summed E-state index contributed by atoms with van der Waals surface area (Å²) in [6, 6.07) is 13.2. The first-order valence-electron chi connectivity index (χ1n) is 9.35. The predicted molar refractivity (Wildman–Crippen MR) is 110 cm³/mol. The van der Waals surface area contributed by atoms with Gasteiger partial charge >= 0.3 is 6.03 Å². The Labute approximate surface area is 171 Å². The van der Waals surface area contributed by atoms with Gasteiger partial charge in [-0.25, -0.2) is 9.78 Å². The Balaban J connectivity index is 1.45. The van der Waals surface area contributed by atoms with Gasteiger partial charge in [0, 0.05) is 18.7 Å². The molecule has 9 nitrogen and oxygen atoms in total. The second-order valence-corrected chi connectivity index (χ2v) is 7.17. The molecule has 1 aliphatic rings. The number of imide groups is 1. The Bertz CT molecular complexity index is 1240. The van der Waals surface area contributed by atoms with Gasteiger partial charge in [-0.3, -0.25) is 24.3 Å². The summed E-state index contributed by atoms with van der Waals surface area (Å²) in [6.45, 7) is 1.77. The van der Waals surface area contributed by atoms with Gasteiger partial charge in [-0.2, -0.15) is 0 Å². The van der Waals surface area contributed by atoms with Crippen LogP contribution < -0.4 is 21.5 Å². The zero-order valence-corrected chi connectivity index (χ0v) is 16.1. The SMILES string of the molecule is C[C@@]1(c2cccc(NC(=O)CCn3cnc4ccccc4c3=O)c2)NC(=O)NC1=O. The first kappa shape index (κ1) is 19.3. The molecule has 1 fully saturated rings. The number of carbonyl (C=O) groups excluding carboxylic acids is 3. The number of nitrogens with one attached hydrogen (secondary N) is 3. The maximum Gasteiger partial charge on any atom is 0.322 e.